The molecule has 2 rings (SSSR count). The van der Waals surface area contributed by atoms with Crippen molar-refractivity contribution in [3.05, 3.63) is 35.4 Å². The summed E-state index contributed by atoms with van der Waals surface area (Å²) in [6, 6.07) is 8.03. The lowest BCUT2D eigenvalue weighted by atomic mass is 10.1. The zero-order chi connectivity index (χ0) is 17.5. The van der Waals surface area contributed by atoms with Gasteiger partial charge in [0, 0.05) is 19.0 Å². The summed E-state index contributed by atoms with van der Waals surface area (Å²) in [6.45, 7) is 6.36. The maximum Gasteiger partial charge on any atom is 0.243 e. The zero-order valence-electron chi connectivity index (χ0n) is 15.2. The van der Waals surface area contributed by atoms with Gasteiger partial charge in [-0.15, -0.1) is 0 Å². The Kier molecular flexibility index (Phi) is 6.83. The van der Waals surface area contributed by atoms with Crippen molar-refractivity contribution in [2.24, 2.45) is 0 Å². The van der Waals surface area contributed by atoms with E-state index < -0.39 is 6.04 Å². The van der Waals surface area contributed by atoms with Crippen molar-refractivity contribution in [2.75, 3.05) is 0 Å². The number of amides is 2. The highest BCUT2D eigenvalue weighted by atomic mass is 16.2. The van der Waals surface area contributed by atoms with Gasteiger partial charge < -0.3 is 10.2 Å². The Labute approximate surface area is 145 Å². The van der Waals surface area contributed by atoms with Crippen LogP contribution in [0.2, 0.25) is 0 Å². The van der Waals surface area contributed by atoms with Gasteiger partial charge >= 0.3 is 0 Å². The lowest BCUT2D eigenvalue weighted by Gasteiger charge is -2.31. The number of carbonyl (C=O) groups excluding carboxylic acids is 2. The third-order valence-electron chi connectivity index (χ3n) is 4.83. The number of aryl methyl sites for hydroxylation is 1. The molecular formula is C20H30N2O2. The maximum absolute atomic E-state index is 12.7. The van der Waals surface area contributed by atoms with Crippen molar-refractivity contribution in [1.29, 1.82) is 0 Å². The van der Waals surface area contributed by atoms with Gasteiger partial charge in [0.15, 0.2) is 0 Å². The van der Waals surface area contributed by atoms with Crippen LogP contribution in [0, 0.1) is 6.92 Å². The number of nitrogens with one attached hydrogen (secondary N) is 1. The lowest BCUT2D eigenvalue weighted by Crippen LogP contribution is -2.50. The molecule has 1 aliphatic rings. The van der Waals surface area contributed by atoms with Crippen LogP contribution >= 0.6 is 0 Å². The van der Waals surface area contributed by atoms with E-state index in [2.05, 4.69) is 11.4 Å². The minimum absolute atomic E-state index is 0.00106. The van der Waals surface area contributed by atoms with Gasteiger partial charge in [0.2, 0.25) is 11.8 Å². The Morgan fingerprint density at radius 1 is 1.25 bits per heavy atom. The molecule has 1 saturated carbocycles. The number of rotatable bonds is 7. The first-order valence-electron chi connectivity index (χ1n) is 9.20. The molecule has 4 heteroatoms. The Balaban J connectivity index is 2.13. The van der Waals surface area contributed by atoms with Crippen LogP contribution in [0.15, 0.2) is 24.3 Å². The first-order valence-corrected chi connectivity index (χ1v) is 9.20. The highest BCUT2D eigenvalue weighted by molar-refractivity contribution is 5.87. The van der Waals surface area contributed by atoms with Crippen LogP contribution in [0.5, 0.6) is 0 Å². The standard InChI is InChI=1S/C20H30N2O2/c1-4-18(20(24)21-17-11-6-7-12-17)22(19(23)5-2)14-16-10-8-9-15(3)13-16/h8-10,13,17-18H,4-7,11-12,14H2,1-3H3,(H,21,24)/t18-/m0/s1. The van der Waals surface area contributed by atoms with E-state index in [-0.39, 0.29) is 17.9 Å². The van der Waals surface area contributed by atoms with Gasteiger partial charge in [-0.05, 0) is 31.7 Å². The number of hydrogen-bond acceptors (Lipinski definition) is 2. The molecule has 0 unspecified atom stereocenters. The van der Waals surface area contributed by atoms with Crippen molar-refractivity contribution in [2.45, 2.75) is 77.9 Å². The van der Waals surface area contributed by atoms with Gasteiger partial charge in [0.1, 0.15) is 6.04 Å². The first kappa shape index (κ1) is 18.5. The van der Waals surface area contributed by atoms with Gasteiger partial charge in [0.05, 0.1) is 0 Å². The van der Waals surface area contributed by atoms with Gasteiger partial charge in [-0.2, -0.15) is 0 Å². The summed E-state index contributed by atoms with van der Waals surface area (Å²) in [5, 5.41) is 3.15. The summed E-state index contributed by atoms with van der Waals surface area (Å²) in [7, 11) is 0. The zero-order valence-corrected chi connectivity index (χ0v) is 15.2. The first-order chi connectivity index (χ1) is 11.5. The monoisotopic (exact) mass is 330 g/mol. The summed E-state index contributed by atoms with van der Waals surface area (Å²) in [5.74, 6) is 0.0313. The molecule has 0 bridgehead atoms. The fourth-order valence-corrected chi connectivity index (χ4v) is 3.50. The van der Waals surface area contributed by atoms with Gasteiger partial charge in [0.25, 0.3) is 0 Å². The highest BCUT2D eigenvalue weighted by Gasteiger charge is 2.29. The summed E-state index contributed by atoms with van der Waals surface area (Å²) in [4.78, 5) is 27.0. The predicted octanol–water partition coefficient (Wildman–Crippen LogP) is 3.57. The molecule has 0 radical (unpaired) electrons. The number of benzene rings is 1. The topological polar surface area (TPSA) is 49.4 Å². The summed E-state index contributed by atoms with van der Waals surface area (Å²) >= 11 is 0. The SMILES string of the molecule is CCC(=O)N(Cc1cccc(C)c1)[C@@H](CC)C(=O)NC1CCCC1. The van der Waals surface area contributed by atoms with E-state index >= 15 is 0 Å². The van der Waals surface area contributed by atoms with Crippen molar-refractivity contribution in [3.63, 3.8) is 0 Å². The molecule has 4 nitrogen and oxygen atoms in total. The van der Waals surface area contributed by atoms with Crippen molar-refractivity contribution < 1.29 is 9.59 Å². The molecule has 1 aliphatic carbocycles. The second-order valence-electron chi connectivity index (χ2n) is 6.78. The minimum atomic E-state index is -0.390. The largest absolute Gasteiger partial charge is 0.352 e. The van der Waals surface area contributed by atoms with Gasteiger partial charge in [-0.25, -0.2) is 0 Å². The van der Waals surface area contributed by atoms with Gasteiger partial charge in [-0.3, -0.25) is 9.59 Å². The van der Waals surface area contributed by atoms with Crippen LogP contribution < -0.4 is 5.32 Å². The molecule has 1 aromatic rings. The summed E-state index contributed by atoms with van der Waals surface area (Å²) in [6.07, 6.45) is 5.53. The van der Waals surface area contributed by atoms with Crippen LogP contribution in [0.1, 0.15) is 63.5 Å². The molecule has 0 saturated heterocycles. The fraction of sp³-hybridized carbons (Fsp3) is 0.600. The van der Waals surface area contributed by atoms with Crippen LogP contribution in [-0.4, -0.2) is 28.8 Å². The molecule has 2 amide bonds. The van der Waals surface area contributed by atoms with Crippen LogP contribution in [0.25, 0.3) is 0 Å². The van der Waals surface area contributed by atoms with Gasteiger partial charge in [-0.1, -0.05) is 56.5 Å². The Morgan fingerprint density at radius 3 is 2.54 bits per heavy atom. The highest BCUT2D eigenvalue weighted by Crippen LogP contribution is 2.19. The van der Waals surface area contributed by atoms with E-state index in [1.165, 1.54) is 18.4 Å². The molecular weight excluding hydrogens is 300 g/mol. The molecule has 0 aliphatic heterocycles. The number of hydrogen-bond donors (Lipinski definition) is 1. The smallest absolute Gasteiger partial charge is 0.243 e. The fourth-order valence-electron chi connectivity index (χ4n) is 3.50. The second kappa shape index (κ2) is 8.86. The van der Waals surface area contributed by atoms with E-state index in [0.717, 1.165) is 18.4 Å². The number of carbonyl (C=O) groups is 2. The maximum atomic E-state index is 12.7. The van der Waals surface area contributed by atoms with E-state index in [4.69, 9.17) is 0 Å². The van der Waals surface area contributed by atoms with Crippen LogP contribution in [0.3, 0.4) is 0 Å². The van der Waals surface area contributed by atoms with Crippen molar-refractivity contribution >= 4 is 11.8 Å². The van der Waals surface area contributed by atoms with E-state index in [1.807, 2.05) is 39.0 Å². The molecule has 0 aromatic heterocycles. The molecule has 0 heterocycles. The Hall–Kier alpha value is -1.84. The normalized spacial score (nSPS) is 16.0. The summed E-state index contributed by atoms with van der Waals surface area (Å²) < 4.78 is 0. The predicted molar refractivity (Wildman–Crippen MR) is 96.5 cm³/mol. The number of nitrogens with zero attached hydrogens (tertiary/aromatic N) is 1. The van der Waals surface area contributed by atoms with Crippen LogP contribution in [0.4, 0.5) is 0 Å². The second-order valence-corrected chi connectivity index (χ2v) is 6.78. The average molecular weight is 330 g/mol. The molecule has 1 atom stereocenters. The molecule has 1 fully saturated rings. The Morgan fingerprint density at radius 2 is 1.96 bits per heavy atom. The van der Waals surface area contributed by atoms with E-state index in [0.29, 0.717) is 19.4 Å². The molecule has 132 valence electrons. The lowest BCUT2D eigenvalue weighted by molar-refractivity contribution is -0.141. The molecule has 1 aromatic carbocycles. The third kappa shape index (κ3) is 4.83. The molecule has 24 heavy (non-hydrogen) atoms. The quantitative estimate of drug-likeness (QED) is 0.831. The molecule has 1 N–H and O–H groups in total. The van der Waals surface area contributed by atoms with Crippen molar-refractivity contribution in [3.8, 4) is 0 Å². The Bertz CT molecular complexity index is 565. The van der Waals surface area contributed by atoms with E-state index in [1.54, 1.807) is 4.90 Å². The average Bonchev–Trinajstić information content (AvgIpc) is 3.07. The third-order valence-corrected chi connectivity index (χ3v) is 4.83. The van der Waals surface area contributed by atoms with E-state index in [9.17, 15) is 9.59 Å². The molecule has 0 spiro atoms. The summed E-state index contributed by atoms with van der Waals surface area (Å²) in [5.41, 5.74) is 2.24. The van der Waals surface area contributed by atoms with Crippen LogP contribution in [-0.2, 0) is 16.1 Å². The minimum Gasteiger partial charge on any atom is -0.352 e. The van der Waals surface area contributed by atoms with Crippen molar-refractivity contribution in [1.82, 2.24) is 10.2 Å².